The normalized spacial score (nSPS) is 21.1. The second kappa shape index (κ2) is 7.11. The number of hydrogen-bond acceptors (Lipinski definition) is 6. The van der Waals surface area contributed by atoms with Crippen molar-refractivity contribution >= 4 is 29.5 Å². The Balaban J connectivity index is 1.40. The highest BCUT2D eigenvalue weighted by molar-refractivity contribution is 8.17. The van der Waals surface area contributed by atoms with E-state index in [9.17, 15) is 0 Å². The molecule has 1 unspecified atom stereocenters. The van der Waals surface area contributed by atoms with Crippen molar-refractivity contribution in [2.75, 3.05) is 18.5 Å². The van der Waals surface area contributed by atoms with Crippen LogP contribution in [0.1, 0.15) is 18.4 Å². The summed E-state index contributed by atoms with van der Waals surface area (Å²) in [5.41, 5.74) is 1.26. The molecular weight excluding hydrogens is 326 g/mol. The highest BCUT2D eigenvalue weighted by Crippen LogP contribution is 2.43. The zero-order valence-corrected chi connectivity index (χ0v) is 14.4. The Hall–Kier alpha value is -1.24. The van der Waals surface area contributed by atoms with Gasteiger partial charge in [0.25, 0.3) is 0 Å². The lowest BCUT2D eigenvalue weighted by Crippen LogP contribution is -2.28. The standard InChI is InChI=1S/C17H19N3OS2/c1-2-4-14(5-3-1)22-15-10-12-11-18-17(20-16(12)23-15)19-13-6-8-21-9-7-13/h1-5,11,13,15H,6-10H2,(H,18,19,20). The smallest absolute Gasteiger partial charge is 0.223 e. The number of benzene rings is 1. The second-order valence-corrected chi connectivity index (χ2v) is 8.50. The number of aromatic nitrogens is 2. The number of ether oxygens (including phenoxy) is 1. The molecule has 1 aromatic heterocycles. The minimum atomic E-state index is 0.433. The van der Waals surface area contributed by atoms with Crippen LogP contribution in [0.15, 0.2) is 46.5 Å². The maximum Gasteiger partial charge on any atom is 0.223 e. The van der Waals surface area contributed by atoms with Crippen molar-refractivity contribution in [3.63, 3.8) is 0 Å². The lowest BCUT2D eigenvalue weighted by Gasteiger charge is -2.23. The van der Waals surface area contributed by atoms with Gasteiger partial charge in [-0.25, -0.2) is 9.97 Å². The van der Waals surface area contributed by atoms with Gasteiger partial charge in [0, 0.05) is 35.9 Å². The molecule has 0 saturated carbocycles. The Morgan fingerprint density at radius 3 is 2.83 bits per heavy atom. The van der Waals surface area contributed by atoms with Gasteiger partial charge in [-0.3, -0.25) is 0 Å². The van der Waals surface area contributed by atoms with Gasteiger partial charge in [-0.05, 0) is 31.4 Å². The molecule has 1 aromatic carbocycles. The lowest BCUT2D eigenvalue weighted by atomic mass is 10.1. The van der Waals surface area contributed by atoms with E-state index in [1.807, 2.05) is 29.7 Å². The van der Waals surface area contributed by atoms with Crippen LogP contribution in [0, 0.1) is 0 Å². The third-order valence-corrected chi connectivity index (χ3v) is 6.58. The summed E-state index contributed by atoms with van der Waals surface area (Å²) in [6, 6.07) is 11.0. The van der Waals surface area contributed by atoms with E-state index in [4.69, 9.17) is 9.72 Å². The topological polar surface area (TPSA) is 47.0 Å². The first kappa shape index (κ1) is 15.3. The quantitative estimate of drug-likeness (QED) is 0.850. The predicted molar refractivity (Wildman–Crippen MR) is 95.1 cm³/mol. The van der Waals surface area contributed by atoms with Gasteiger partial charge in [-0.1, -0.05) is 30.0 Å². The molecule has 3 heterocycles. The molecule has 6 heteroatoms. The van der Waals surface area contributed by atoms with Gasteiger partial charge in [0.05, 0.1) is 4.58 Å². The Morgan fingerprint density at radius 2 is 2.00 bits per heavy atom. The summed E-state index contributed by atoms with van der Waals surface area (Å²) < 4.78 is 5.88. The van der Waals surface area contributed by atoms with E-state index < -0.39 is 0 Å². The first-order valence-electron chi connectivity index (χ1n) is 7.95. The number of thioether (sulfide) groups is 2. The lowest BCUT2D eigenvalue weighted by molar-refractivity contribution is 0.0903. The van der Waals surface area contributed by atoms with Crippen LogP contribution in [0.4, 0.5) is 5.95 Å². The van der Waals surface area contributed by atoms with Gasteiger partial charge in [-0.15, -0.1) is 11.8 Å². The molecule has 4 rings (SSSR count). The van der Waals surface area contributed by atoms with Crippen molar-refractivity contribution in [1.29, 1.82) is 0 Å². The number of fused-ring (bicyclic) bond motifs is 1. The van der Waals surface area contributed by atoms with Gasteiger partial charge in [0.2, 0.25) is 5.95 Å². The van der Waals surface area contributed by atoms with Gasteiger partial charge in [-0.2, -0.15) is 0 Å². The first-order valence-corrected chi connectivity index (χ1v) is 9.71. The van der Waals surface area contributed by atoms with Crippen LogP contribution in [0.5, 0.6) is 0 Å². The predicted octanol–water partition coefficient (Wildman–Crippen LogP) is 3.83. The van der Waals surface area contributed by atoms with Gasteiger partial charge < -0.3 is 10.1 Å². The van der Waals surface area contributed by atoms with E-state index >= 15 is 0 Å². The molecule has 23 heavy (non-hydrogen) atoms. The zero-order valence-electron chi connectivity index (χ0n) is 12.8. The molecule has 2 aliphatic rings. The van der Waals surface area contributed by atoms with Crippen molar-refractivity contribution < 1.29 is 4.74 Å². The number of nitrogens with zero attached hydrogens (tertiary/aromatic N) is 2. The molecule has 2 aliphatic heterocycles. The van der Waals surface area contributed by atoms with Crippen LogP contribution in [-0.2, 0) is 11.2 Å². The van der Waals surface area contributed by atoms with Crippen LogP contribution >= 0.6 is 23.5 Å². The molecule has 2 aromatic rings. The molecule has 1 saturated heterocycles. The summed E-state index contributed by atoms with van der Waals surface area (Å²) in [6.07, 6.45) is 5.07. The Labute approximate surface area is 144 Å². The fourth-order valence-electron chi connectivity index (χ4n) is 2.79. The SMILES string of the molecule is c1ccc(SC2Cc3cnc(NC4CCOCC4)nc3S2)cc1. The van der Waals surface area contributed by atoms with Crippen LogP contribution in [0.2, 0.25) is 0 Å². The number of rotatable bonds is 4. The minimum absolute atomic E-state index is 0.433. The largest absolute Gasteiger partial charge is 0.381 e. The summed E-state index contributed by atoms with van der Waals surface area (Å²) in [6.45, 7) is 1.65. The summed E-state index contributed by atoms with van der Waals surface area (Å²) in [7, 11) is 0. The molecule has 1 fully saturated rings. The van der Waals surface area contributed by atoms with E-state index in [0.29, 0.717) is 10.6 Å². The molecule has 0 aliphatic carbocycles. The number of anilines is 1. The Bertz CT molecular complexity index is 662. The maximum absolute atomic E-state index is 5.39. The fraction of sp³-hybridized carbons (Fsp3) is 0.412. The average molecular weight is 345 g/mol. The van der Waals surface area contributed by atoms with Crippen LogP contribution < -0.4 is 5.32 Å². The number of hydrogen-bond donors (Lipinski definition) is 1. The van der Waals surface area contributed by atoms with E-state index in [-0.39, 0.29) is 0 Å². The summed E-state index contributed by atoms with van der Waals surface area (Å²) in [4.78, 5) is 10.5. The monoisotopic (exact) mass is 345 g/mol. The molecule has 0 spiro atoms. The third-order valence-electron chi connectivity index (χ3n) is 4.02. The van der Waals surface area contributed by atoms with E-state index in [1.165, 1.54) is 10.5 Å². The van der Waals surface area contributed by atoms with Crippen LogP contribution in [0.3, 0.4) is 0 Å². The summed E-state index contributed by atoms with van der Waals surface area (Å²) in [5, 5.41) is 4.58. The van der Waals surface area contributed by atoms with Crippen molar-refractivity contribution in [2.45, 2.75) is 39.8 Å². The molecule has 1 N–H and O–H groups in total. The third kappa shape index (κ3) is 3.82. The fourth-order valence-corrected chi connectivity index (χ4v) is 5.41. The van der Waals surface area contributed by atoms with Crippen LogP contribution in [-0.4, -0.2) is 33.8 Å². The highest BCUT2D eigenvalue weighted by Gasteiger charge is 2.26. The van der Waals surface area contributed by atoms with Gasteiger partial charge in [0.15, 0.2) is 0 Å². The number of nitrogens with one attached hydrogen (secondary N) is 1. The Kier molecular flexibility index (Phi) is 4.73. The van der Waals surface area contributed by atoms with E-state index in [0.717, 1.165) is 43.5 Å². The van der Waals surface area contributed by atoms with E-state index in [2.05, 4.69) is 40.6 Å². The molecule has 1 atom stereocenters. The van der Waals surface area contributed by atoms with Crippen LogP contribution in [0.25, 0.3) is 0 Å². The molecule has 0 amide bonds. The molecule has 0 radical (unpaired) electrons. The average Bonchev–Trinajstić information content (AvgIpc) is 2.98. The van der Waals surface area contributed by atoms with Crippen molar-refractivity contribution in [3.05, 3.63) is 42.1 Å². The minimum Gasteiger partial charge on any atom is -0.381 e. The first-order chi connectivity index (χ1) is 11.4. The van der Waals surface area contributed by atoms with Crippen molar-refractivity contribution in [1.82, 2.24) is 9.97 Å². The van der Waals surface area contributed by atoms with Crippen molar-refractivity contribution in [2.24, 2.45) is 0 Å². The summed E-state index contributed by atoms with van der Waals surface area (Å²) in [5.74, 6) is 0.758. The van der Waals surface area contributed by atoms with Crippen molar-refractivity contribution in [3.8, 4) is 0 Å². The molecular formula is C17H19N3OS2. The molecule has 4 nitrogen and oxygen atoms in total. The summed E-state index contributed by atoms with van der Waals surface area (Å²) >= 11 is 3.76. The molecule has 0 bridgehead atoms. The second-order valence-electron chi connectivity index (χ2n) is 5.74. The maximum atomic E-state index is 5.39. The Morgan fingerprint density at radius 1 is 1.17 bits per heavy atom. The molecule has 120 valence electrons. The van der Waals surface area contributed by atoms with Gasteiger partial charge in [0.1, 0.15) is 5.03 Å². The van der Waals surface area contributed by atoms with E-state index in [1.54, 1.807) is 0 Å². The van der Waals surface area contributed by atoms with Gasteiger partial charge >= 0.3 is 0 Å². The highest BCUT2D eigenvalue weighted by atomic mass is 32.2. The zero-order chi connectivity index (χ0) is 15.5.